The molecule has 2 N–H and O–H groups in total. The number of anilines is 1. The van der Waals surface area contributed by atoms with Crippen LogP contribution < -0.4 is 5.32 Å². The second-order valence-corrected chi connectivity index (χ2v) is 3.73. The topological polar surface area (TPSA) is 45.1 Å². The molecule has 1 rings (SSSR count). The van der Waals surface area contributed by atoms with E-state index in [2.05, 4.69) is 10.3 Å². The first-order valence-corrected chi connectivity index (χ1v) is 5.39. The smallest absolute Gasteiger partial charge is 0.391 e. The molecule has 17 heavy (non-hydrogen) atoms. The van der Waals surface area contributed by atoms with Crippen LogP contribution in [0, 0.1) is 0 Å². The Balaban J connectivity index is 2.60. The van der Waals surface area contributed by atoms with Gasteiger partial charge in [0.2, 0.25) is 0 Å². The van der Waals surface area contributed by atoms with Crippen LogP contribution in [0.25, 0.3) is 0 Å². The summed E-state index contributed by atoms with van der Waals surface area (Å²) in [6.07, 6.45) is -3.60. The molecule has 96 valence electrons. The molecule has 0 radical (unpaired) electrons. The van der Waals surface area contributed by atoms with Gasteiger partial charge in [-0.3, -0.25) is 0 Å². The first-order chi connectivity index (χ1) is 7.93. The number of aliphatic hydroxyl groups excluding tert-OH is 1. The van der Waals surface area contributed by atoms with E-state index >= 15 is 0 Å². The molecule has 0 aliphatic carbocycles. The van der Waals surface area contributed by atoms with E-state index in [0.717, 1.165) is 12.5 Å². The van der Waals surface area contributed by atoms with Crippen LogP contribution in [0.2, 0.25) is 0 Å². The zero-order valence-corrected chi connectivity index (χ0v) is 9.46. The van der Waals surface area contributed by atoms with Crippen molar-refractivity contribution in [1.82, 2.24) is 4.98 Å². The fraction of sp³-hybridized carbons (Fsp3) is 0.545. The van der Waals surface area contributed by atoms with Gasteiger partial charge in [0, 0.05) is 6.54 Å². The van der Waals surface area contributed by atoms with E-state index in [1.54, 1.807) is 0 Å². The van der Waals surface area contributed by atoms with E-state index in [-0.39, 0.29) is 12.4 Å². The number of hydrogen-bond acceptors (Lipinski definition) is 3. The zero-order chi connectivity index (χ0) is 12.9. The van der Waals surface area contributed by atoms with E-state index in [1.165, 1.54) is 12.1 Å². The average molecular weight is 248 g/mol. The molecule has 1 heterocycles. The van der Waals surface area contributed by atoms with E-state index in [4.69, 9.17) is 0 Å². The maximum atomic E-state index is 12.3. The second kappa shape index (κ2) is 5.86. The summed E-state index contributed by atoms with van der Waals surface area (Å²) in [5.74, 6) is 0.120. The third-order valence-electron chi connectivity index (χ3n) is 2.18. The Morgan fingerprint density at radius 1 is 1.41 bits per heavy atom. The summed E-state index contributed by atoms with van der Waals surface area (Å²) < 4.78 is 37.0. The number of nitrogens with zero attached hydrogens (tertiary/aromatic N) is 1. The number of aliphatic hydroxyl groups is 1. The summed E-state index contributed by atoms with van der Waals surface area (Å²) in [6.45, 7) is 2.12. The SMILES string of the molecule is CCCC(O)CNc1cccc(C(F)(F)F)n1. The lowest BCUT2D eigenvalue weighted by molar-refractivity contribution is -0.141. The van der Waals surface area contributed by atoms with Gasteiger partial charge >= 0.3 is 6.18 Å². The molecule has 0 aromatic carbocycles. The maximum Gasteiger partial charge on any atom is 0.433 e. The molecule has 0 bridgehead atoms. The summed E-state index contributed by atoms with van der Waals surface area (Å²) >= 11 is 0. The summed E-state index contributed by atoms with van der Waals surface area (Å²) in [7, 11) is 0. The Bertz CT molecular complexity index is 355. The number of aromatic nitrogens is 1. The van der Waals surface area contributed by atoms with Crippen molar-refractivity contribution in [2.45, 2.75) is 32.0 Å². The summed E-state index contributed by atoms with van der Waals surface area (Å²) in [6, 6.07) is 3.63. The minimum Gasteiger partial charge on any atom is -0.391 e. The highest BCUT2D eigenvalue weighted by molar-refractivity contribution is 5.35. The summed E-state index contributed by atoms with van der Waals surface area (Å²) in [5.41, 5.74) is -0.938. The first-order valence-electron chi connectivity index (χ1n) is 5.39. The molecule has 1 aromatic rings. The fourth-order valence-electron chi connectivity index (χ4n) is 1.35. The molecule has 3 nitrogen and oxygen atoms in total. The minimum absolute atomic E-state index is 0.120. The van der Waals surface area contributed by atoms with Crippen LogP contribution >= 0.6 is 0 Å². The van der Waals surface area contributed by atoms with Crippen molar-refractivity contribution in [3.05, 3.63) is 23.9 Å². The van der Waals surface area contributed by atoms with Crippen LogP contribution in [0.5, 0.6) is 0 Å². The molecule has 1 aromatic heterocycles. The van der Waals surface area contributed by atoms with Crippen molar-refractivity contribution in [3.63, 3.8) is 0 Å². The van der Waals surface area contributed by atoms with Crippen molar-refractivity contribution >= 4 is 5.82 Å². The highest BCUT2D eigenvalue weighted by Crippen LogP contribution is 2.28. The van der Waals surface area contributed by atoms with Crippen molar-refractivity contribution in [3.8, 4) is 0 Å². The first kappa shape index (κ1) is 13.8. The number of rotatable bonds is 5. The zero-order valence-electron chi connectivity index (χ0n) is 9.46. The van der Waals surface area contributed by atoms with Gasteiger partial charge < -0.3 is 10.4 Å². The lowest BCUT2D eigenvalue weighted by atomic mass is 10.2. The molecule has 0 amide bonds. The van der Waals surface area contributed by atoms with E-state index in [9.17, 15) is 18.3 Å². The lowest BCUT2D eigenvalue weighted by Gasteiger charge is -2.12. The highest BCUT2D eigenvalue weighted by Gasteiger charge is 2.32. The van der Waals surface area contributed by atoms with Crippen LogP contribution in [0.4, 0.5) is 19.0 Å². The van der Waals surface area contributed by atoms with Gasteiger partial charge in [0.15, 0.2) is 0 Å². The van der Waals surface area contributed by atoms with Crippen molar-refractivity contribution in [2.75, 3.05) is 11.9 Å². The Kier molecular flexibility index (Phi) is 4.74. The molecule has 0 spiro atoms. The van der Waals surface area contributed by atoms with Gasteiger partial charge in [0.1, 0.15) is 11.5 Å². The Morgan fingerprint density at radius 2 is 2.12 bits per heavy atom. The van der Waals surface area contributed by atoms with Gasteiger partial charge in [-0.25, -0.2) is 4.98 Å². The lowest BCUT2D eigenvalue weighted by Crippen LogP contribution is -2.20. The van der Waals surface area contributed by atoms with Gasteiger partial charge in [-0.05, 0) is 18.6 Å². The number of hydrogen-bond donors (Lipinski definition) is 2. The maximum absolute atomic E-state index is 12.3. The van der Waals surface area contributed by atoms with Crippen molar-refractivity contribution in [1.29, 1.82) is 0 Å². The molecular formula is C11H15F3N2O. The predicted octanol–water partition coefficient (Wildman–Crippen LogP) is 2.67. The predicted molar refractivity (Wildman–Crippen MR) is 58.6 cm³/mol. The normalized spacial score (nSPS) is 13.5. The van der Waals surface area contributed by atoms with E-state index in [1.807, 2.05) is 6.92 Å². The quantitative estimate of drug-likeness (QED) is 0.842. The summed E-state index contributed by atoms with van der Waals surface area (Å²) in [5, 5.41) is 12.1. The van der Waals surface area contributed by atoms with Gasteiger partial charge in [-0.1, -0.05) is 19.4 Å². The fourth-order valence-corrected chi connectivity index (χ4v) is 1.35. The van der Waals surface area contributed by atoms with E-state index in [0.29, 0.717) is 6.42 Å². The van der Waals surface area contributed by atoms with Gasteiger partial charge in [-0.2, -0.15) is 13.2 Å². The minimum atomic E-state index is -4.44. The van der Waals surface area contributed by atoms with Gasteiger partial charge in [-0.15, -0.1) is 0 Å². The largest absolute Gasteiger partial charge is 0.433 e. The van der Waals surface area contributed by atoms with E-state index < -0.39 is 18.0 Å². The van der Waals surface area contributed by atoms with Crippen LogP contribution in [-0.2, 0) is 6.18 Å². The molecule has 1 atom stereocenters. The molecule has 1 unspecified atom stereocenters. The molecule has 0 fully saturated rings. The second-order valence-electron chi connectivity index (χ2n) is 3.73. The molecule has 6 heteroatoms. The molecule has 0 aliphatic rings. The number of pyridine rings is 1. The average Bonchev–Trinajstić information content (AvgIpc) is 2.26. The Labute approximate surface area is 97.7 Å². The molecule has 0 aliphatic heterocycles. The summed E-state index contributed by atoms with van der Waals surface area (Å²) in [4.78, 5) is 3.43. The van der Waals surface area contributed by atoms with Gasteiger partial charge in [0.05, 0.1) is 6.10 Å². The van der Waals surface area contributed by atoms with Crippen LogP contribution in [0.15, 0.2) is 18.2 Å². The standard InChI is InChI=1S/C11H15F3N2O/c1-2-4-8(17)7-15-10-6-3-5-9(16-10)11(12,13)14/h3,5-6,8,17H,2,4,7H2,1H3,(H,15,16). The highest BCUT2D eigenvalue weighted by atomic mass is 19.4. The van der Waals surface area contributed by atoms with Crippen LogP contribution in [0.3, 0.4) is 0 Å². The monoisotopic (exact) mass is 248 g/mol. The molecular weight excluding hydrogens is 233 g/mol. The van der Waals surface area contributed by atoms with Crippen molar-refractivity contribution in [2.24, 2.45) is 0 Å². The third-order valence-corrected chi connectivity index (χ3v) is 2.18. The Hall–Kier alpha value is -1.30. The Morgan fingerprint density at radius 3 is 2.71 bits per heavy atom. The van der Waals surface area contributed by atoms with Crippen molar-refractivity contribution < 1.29 is 18.3 Å². The van der Waals surface area contributed by atoms with Crippen LogP contribution in [-0.4, -0.2) is 22.7 Å². The van der Waals surface area contributed by atoms with Crippen LogP contribution in [0.1, 0.15) is 25.5 Å². The number of nitrogens with one attached hydrogen (secondary N) is 1. The van der Waals surface area contributed by atoms with Gasteiger partial charge in [0.25, 0.3) is 0 Å². The molecule has 0 saturated heterocycles. The molecule has 0 saturated carbocycles. The number of alkyl halides is 3. The third kappa shape index (κ3) is 4.60. The number of halogens is 3.